The van der Waals surface area contributed by atoms with E-state index in [1.807, 2.05) is 24.3 Å². The van der Waals surface area contributed by atoms with Gasteiger partial charge < -0.3 is 19.2 Å². The summed E-state index contributed by atoms with van der Waals surface area (Å²) in [6, 6.07) is 7.94. The molecule has 0 spiro atoms. The molecule has 0 bridgehead atoms. The predicted octanol–water partition coefficient (Wildman–Crippen LogP) is 2.92. The molecule has 23 heavy (non-hydrogen) atoms. The van der Waals surface area contributed by atoms with Crippen LogP contribution in [-0.4, -0.2) is 36.6 Å². The van der Waals surface area contributed by atoms with E-state index in [1.54, 1.807) is 0 Å². The first-order chi connectivity index (χ1) is 10.9. The highest BCUT2D eigenvalue weighted by molar-refractivity contribution is 6.62. The normalized spacial score (nSPS) is 19.1. The van der Waals surface area contributed by atoms with Crippen LogP contribution in [0.3, 0.4) is 0 Å². The van der Waals surface area contributed by atoms with Crippen molar-refractivity contribution in [2.75, 3.05) is 13.2 Å². The summed E-state index contributed by atoms with van der Waals surface area (Å²) in [4.78, 5) is 0. The molecule has 0 saturated carbocycles. The Hall–Kier alpha value is -1.04. The van der Waals surface area contributed by atoms with Crippen molar-refractivity contribution in [3.05, 3.63) is 24.3 Å². The Morgan fingerprint density at radius 1 is 0.913 bits per heavy atom. The fourth-order valence-corrected chi connectivity index (χ4v) is 2.46. The minimum Gasteiger partial charge on any atom is -0.494 e. The molecule has 1 saturated heterocycles. The lowest BCUT2D eigenvalue weighted by molar-refractivity contribution is 0.00578. The maximum atomic E-state index is 8.73. The molecule has 0 atom stereocenters. The summed E-state index contributed by atoms with van der Waals surface area (Å²) in [5.41, 5.74) is 0.377. The van der Waals surface area contributed by atoms with Crippen LogP contribution in [0.25, 0.3) is 0 Å². The van der Waals surface area contributed by atoms with Crippen molar-refractivity contribution in [2.24, 2.45) is 0 Å². The number of rotatable bonds is 8. The molecular formula is C18H29BO4. The molecule has 2 rings (SSSR count). The Labute approximate surface area is 140 Å². The van der Waals surface area contributed by atoms with Gasteiger partial charge in [0.15, 0.2) is 0 Å². The third-order valence-corrected chi connectivity index (χ3v) is 4.73. The quantitative estimate of drug-likeness (QED) is 0.591. The van der Waals surface area contributed by atoms with E-state index in [0.29, 0.717) is 6.61 Å². The molecule has 1 aliphatic heterocycles. The molecule has 1 fully saturated rings. The van der Waals surface area contributed by atoms with Crippen molar-refractivity contribution in [3.8, 4) is 5.75 Å². The van der Waals surface area contributed by atoms with Gasteiger partial charge in [0.25, 0.3) is 0 Å². The molecule has 4 nitrogen and oxygen atoms in total. The lowest BCUT2D eigenvalue weighted by atomic mass is 9.79. The Balaban J connectivity index is 1.81. The molecule has 1 aliphatic rings. The molecule has 128 valence electrons. The second-order valence-electron chi connectivity index (χ2n) is 7.14. The van der Waals surface area contributed by atoms with Crippen molar-refractivity contribution in [1.29, 1.82) is 0 Å². The van der Waals surface area contributed by atoms with Gasteiger partial charge in [0.05, 0.1) is 17.8 Å². The lowest BCUT2D eigenvalue weighted by Gasteiger charge is -2.32. The zero-order chi connectivity index (χ0) is 16.9. The van der Waals surface area contributed by atoms with Crippen LogP contribution in [-0.2, 0) is 9.31 Å². The maximum Gasteiger partial charge on any atom is 0.494 e. The van der Waals surface area contributed by atoms with Crippen LogP contribution in [0, 0.1) is 0 Å². The Bertz CT molecular complexity index is 468. The first-order valence-electron chi connectivity index (χ1n) is 8.55. The second-order valence-corrected chi connectivity index (χ2v) is 7.14. The molecule has 1 heterocycles. The largest absolute Gasteiger partial charge is 0.494 e. The monoisotopic (exact) mass is 320 g/mol. The van der Waals surface area contributed by atoms with Gasteiger partial charge in [-0.3, -0.25) is 0 Å². The minimum absolute atomic E-state index is 0.279. The number of unbranched alkanes of at least 4 members (excludes halogenated alkanes) is 3. The van der Waals surface area contributed by atoms with Crippen molar-refractivity contribution < 1.29 is 19.2 Å². The Morgan fingerprint density at radius 3 is 2.04 bits per heavy atom. The van der Waals surface area contributed by atoms with Crippen LogP contribution in [0.2, 0.25) is 0 Å². The standard InChI is InChI=1S/C18H29BO4/c1-17(2)18(3,4)23-19(22-17)15-9-11-16(12-10-15)21-14-8-6-5-7-13-20/h9-12,20H,5-8,13-14H2,1-4H3. The smallest absolute Gasteiger partial charge is 0.494 e. The summed E-state index contributed by atoms with van der Waals surface area (Å²) in [6.45, 7) is 9.22. The zero-order valence-corrected chi connectivity index (χ0v) is 14.8. The zero-order valence-electron chi connectivity index (χ0n) is 14.8. The van der Waals surface area contributed by atoms with Gasteiger partial charge in [-0.15, -0.1) is 0 Å². The summed E-state index contributed by atoms with van der Waals surface area (Å²) in [6.07, 6.45) is 4.04. The molecule has 0 unspecified atom stereocenters. The van der Waals surface area contributed by atoms with Gasteiger partial charge >= 0.3 is 7.12 Å². The van der Waals surface area contributed by atoms with Crippen LogP contribution in [0.4, 0.5) is 0 Å². The van der Waals surface area contributed by atoms with Crippen molar-refractivity contribution in [2.45, 2.75) is 64.6 Å². The highest BCUT2D eigenvalue weighted by Crippen LogP contribution is 2.36. The highest BCUT2D eigenvalue weighted by Gasteiger charge is 2.51. The van der Waals surface area contributed by atoms with Gasteiger partial charge in [-0.2, -0.15) is 0 Å². The molecule has 1 N–H and O–H groups in total. The van der Waals surface area contributed by atoms with E-state index >= 15 is 0 Å². The third-order valence-electron chi connectivity index (χ3n) is 4.73. The SMILES string of the molecule is CC1(C)OB(c2ccc(OCCCCCCO)cc2)OC1(C)C. The molecule has 5 heteroatoms. The summed E-state index contributed by atoms with van der Waals surface area (Å²) in [5.74, 6) is 0.868. The topological polar surface area (TPSA) is 47.9 Å². The van der Waals surface area contributed by atoms with Crippen molar-refractivity contribution in [3.63, 3.8) is 0 Å². The predicted molar refractivity (Wildman–Crippen MR) is 93.2 cm³/mol. The van der Waals surface area contributed by atoms with Crippen molar-refractivity contribution >= 4 is 12.6 Å². The fraction of sp³-hybridized carbons (Fsp3) is 0.667. The number of benzene rings is 1. The summed E-state index contributed by atoms with van der Waals surface area (Å²) in [5, 5.41) is 8.73. The molecule has 0 aliphatic carbocycles. The number of hydrogen-bond donors (Lipinski definition) is 1. The maximum absolute atomic E-state index is 8.73. The molecule has 0 radical (unpaired) electrons. The second kappa shape index (κ2) is 7.69. The van der Waals surface area contributed by atoms with Gasteiger partial charge in [-0.25, -0.2) is 0 Å². The van der Waals surface area contributed by atoms with E-state index in [0.717, 1.165) is 36.9 Å². The van der Waals surface area contributed by atoms with Gasteiger partial charge in [0, 0.05) is 6.61 Å². The molecule has 1 aromatic rings. The molecular weight excluding hydrogens is 291 g/mol. The number of aliphatic hydroxyl groups excluding tert-OH is 1. The van der Waals surface area contributed by atoms with E-state index in [9.17, 15) is 0 Å². The Morgan fingerprint density at radius 2 is 1.48 bits per heavy atom. The van der Waals surface area contributed by atoms with Gasteiger partial charge in [-0.1, -0.05) is 18.6 Å². The average Bonchev–Trinajstić information content (AvgIpc) is 2.72. The number of aliphatic hydroxyl groups is 1. The Kier molecular flexibility index (Phi) is 6.12. The minimum atomic E-state index is -0.326. The fourth-order valence-electron chi connectivity index (χ4n) is 2.46. The van der Waals surface area contributed by atoms with E-state index < -0.39 is 0 Å². The summed E-state index contributed by atoms with van der Waals surface area (Å²) >= 11 is 0. The van der Waals surface area contributed by atoms with Gasteiger partial charge in [0.1, 0.15) is 5.75 Å². The highest BCUT2D eigenvalue weighted by atomic mass is 16.7. The van der Waals surface area contributed by atoms with E-state index in [4.69, 9.17) is 19.2 Å². The lowest BCUT2D eigenvalue weighted by Crippen LogP contribution is -2.41. The van der Waals surface area contributed by atoms with E-state index in [1.165, 1.54) is 0 Å². The molecule has 0 amide bonds. The summed E-state index contributed by atoms with van der Waals surface area (Å²) < 4.78 is 17.8. The molecule has 1 aromatic carbocycles. The van der Waals surface area contributed by atoms with Crippen LogP contribution in [0.5, 0.6) is 5.75 Å². The van der Waals surface area contributed by atoms with Crippen LogP contribution in [0.15, 0.2) is 24.3 Å². The first kappa shape index (κ1) is 18.3. The van der Waals surface area contributed by atoms with E-state index in [2.05, 4.69) is 27.7 Å². The average molecular weight is 320 g/mol. The number of hydrogen-bond acceptors (Lipinski definition) is 4. The van der Waals surface area contributed by atoms with Crippen LogP contribution in [0.1, 0.15) is 53.4 Å². The summed E-state index contributed by atoms with van der Waals surface area (Å²) in [7, 11) is -0.326. The van der Waals surface area contributed by atoms with Crippen molar-refractivity contribution in [1.82, 2.24) is 0 Å². The van der Waals surface area contributed by atoms with Crippen LogP contribution >= 0.6 is 0 Å². The van der Waals surface area contributed by atoms with E-state index in [-0.39, 0.29) is 24.9 Å². The third kappa shape index (κ3) is 4.72. The molecule has 0 aromatic heterocycles. The van der Waals surface area contributed by atoms with Gasteiger partial charge in [0.2, 0.25) is 0 Å². The first-order valence-corrected chi connectivity index (χ1v) is 8.55. The van der Waals surface area contributed by atoms with Crippen LogP contribution < -0.4 is 10.2 Å². The number of ether oxygens (including phenoxy) is 1. The van der Waals surface area contributed by atoms with Gasteiger partial charge in [-0.05, 0) is 64.6 Å².